The van der Waals surface area contributed by atoms with Crippen molar-refractivity contribution in [3.05, 3.63) is 65.0 Å². The van der Waals surface area contributed by atoms with Gasteiger partial charge in [-0.3, -0.25) is 9.59 Å². The number of amides is 1. The molecule has 0 radical (unpaired) electrons. The van der Waals surface area contributed by atoms with Crippen LogP contribution in [-0.4, -0.2) is 53.2 Å². The summed E-state index contributed by atoms with van der Waals surface area (Å²) in [6.45, 7) is 3.94. The Balaban J connectivity index is 2.16. The van der Waals surface area contributed by atoms with Gasteiger partial charge in [-0.15, -0.1) is 0 Å². The first-order valence-corrected chi connectivity index (χ1v) is 9.77. The number of hydrogen-bond acceptors (Lipinski definition) is 6. The molecule has 2 aromatic rings. The number of rotatable bonds is 7. The molecule has 0 saturated carbocycles. The zero-order valence-corrected chi connectivity index (χ0v) is 17.5. The second-order valence-corrected chi connectivity index (χ2v) is 7.35. The highest BCUT2D eigenvalue weighted by molar-refractivity contribution is 6.46. The van der Waals surface area contributed by atoms with Crippen LogP contribution >= 0.6 is 0 Å². The third-order valence-electron chi connectivity index (χ3n) is 4.93. The van der Waals surface area contributed by atoms with Crippen molar-refractivity contribution in [2.75, 3.05) is 20.3 Å². The highest BCUT2D eigenvalue weighted by Gasteiger charge is 2.46. The molecule has 1 fully saturated rings. The predicted octanol–water partition coefficient (Wildman–Crippen LogP) is 3.39. The Morgan fingerprint density at radius 3 is 2.58 bits per heavy atom. The van der Waals surface area contributed by atoms with Crippen LogP contribution < -0.4 is 4.74 Å². The van der Waals surface area contributed by atoms with E-state index in [4.69, 9.17) is 9.47 Å². The van der Waals surface area contributed by atoms with Crippen molar-refractivity contribution in [3.8, 4) is 11.5 Å². The molecule has 2 N–H and O–H groups in total. The van der Waals surface area contributed by atoms with Crippen LogP contribution in [0.4, 0.5) is 4.39 Å². The monoisotopic (exact) mass is 429 g/mol. The lowest BCUT2D eigenvalue weighted by Gasteiger charge is -2.26. The minimum absolute atomic E-state index is 0.0518. The van der Waals surface area contributed by atoms with Crippen molar-refractivity contribution >= 4 is 17.4 Å². The minimum atomic E-state index is -0.990. The molecule has 1 aliphatic rings. The predicted molar refractivity (Wildman–Crippen MR) is 111 cm³/mol. The molecule has 1 atom stereocenters. The Hall–Kier alpha value is -3.39. The number of methoxy groups -OCH3 is 1. The SMILES string of the molecule is COc1ccc(F)cc1/C(O)=C1\C(=O)C(=O)N(CCOC(C)C)C1c1cccc(O)c1. The quantitative estimate of drug-likeness (QED) is 0.398. The van der Waals surface area contributed by atoms with E-state index in [2.05, 4.69) is 0 Å². The minimum Gasteiger partial charge on any atom is -0.508 e. The summed E-state index contributed by atoms with van der Waals surface area (Å²) in [6, 6.07) is 8.57. The van der Waals surface area contributed by atoms with E-state index in [0.29, 0.717) is 5.56 Å². The van der Waals surface area contributed by atoms with Crippen LogP contribution in [0.2, 0.25) is 0 Å². The van der Waals surface area contributed by atoms with Gasteiger partial charge in [0.1, 0.15) is 23.1 Å². The summed E-state index contributed by atoms with van der Waals surface area (Å²) < 4.78 is 24.6. The average molecular weight is 429 g/mol. The summed E-state index contributed by atoms with van der Waals surface area (Å²) in [5.41, 5.74) is 0.147. The number of carbonyl (C=O) groups is 2. The van der Waals surface area contributed by atoms with Gasteiger partial charge in [0.15, 0.2) is 0 Å². The first-order chi connectivity index (χ1) is 14.7. The average Bonchev–Trinajstić information content (AvgIpc) is 2.98. The zero-order chi connectivity index (χ0) is 22.7. The fourth-order valence-electron chi connectivity index (χ4n) is 3.55. The highest BCUT2D eigenvalue weighted by atomic mass is 19.1. The number of nitrogens with zero attached hydrogens (tertiary/aromatic N) is 1. The Morgan fingerprint density at radius 2 is 1.94 bits per heavy atom. The van der Waals surface area contributed by atoms with E-state index in [0.717, 1.165) is 12.1 Å². The topological polar surface area (TPSA) is 96.3 Å². The van der Waals surface area contributed by atoms with Gasteiger partial charge in [0.25, 0.3) is 11.7 Å². The van der Waals surface area contributed by atoms with Crippen molar-refractivity contribution in [1.29, 1.82) is 0 Å². The maximum Gasteiger partial charge on any atom is 0.295 e. The van der Waals surface area contributed by atoms with Crippen molar-refractivity contribution in [2.45, 2.75) is 26.0 Å². The summed E-state index contributed by atoms with van der Waals surface area (Å²) in [6.07, 6.45) is -0.0763. The fraction of sp³-hybridized carbons (Fsp3) is 0.304. The molecule has 3 rings (SSSR count). The fourth-order valence-corrected chi connectivity index (χ4v) is 3.55. The Labute approximate surface area is 179 Å². The number of aliphatic hydroxyl groups is 1. The summed E-state index contributed by atoms with van der Waals surface area (Å²) in [5.74, 6) is -2.86. The van der Waals surface area contributed by atoms with Gasteiger partial charge in [0, 0.05) is 6.54 Å². The standard InChI is InChI=1S/C23H24FNO6/c1-13(2)31-10-9-25-20(14-5-4-6-16(26)11-14)19(22(28)23(25)29)21(27)17-12-15(24)7-8-18(17)30-3/h4-8,11-13,20,26-27H,9-10H2,1-3H3/b21-19+. The molecule has 1 saturated heterocycles. The van der Waals surface area contributed by atoms with Crippen LogP contribution in [0.25, 0.3) is 5.76 Å². The molecule has 2 aromatic carbocycles. The first-order valence-electron chi connectivity index (χ1n) is 9.77. The van der Waals surface area contributed by atoms with E-state index in [1.807, 2.05) is 13.8 Å². The van der Waals surface area contributed by atoms with Gasteiger partial charge in [-0.25, -0.2) is 4.39 Å². The Bertz CT molecular complexity index is 1030. The number of phenolic OH excluding ortho intramolecular Hbond substituents is 1. The van der Waals surface area contributed by atoms with E-state index in [1.54, 1.807) is 12.1 Å². The lowest BCUT2D eigenvalue weighted by molar-refractivity contribution is -0.140. The number of ether oxygens (including phenoxy) is 2. The molecule has 164 valence electrons. The van der Waals surface area contributed by atoms with Crippen molar-refractivity contribution in [3.63, 3.8) is 0 Å². The molecule has 1 amide bonds. The molecule has 0 aromatic heterocycles. The molecule has 0 spiro atoms. The Kier molecular flexibility index (Phi) is 6.60. The number of hydrogen-bond donors (Lipinski definition) is 2. The van der Waals surface area contributed by atoms with E-state index >= 15 is 0 Å². The number of likely N-dealkylation sites (tertiary alicyclic amines) is 1. The van der Waals surface area contributed by atoms with Crippen molar-refractivity contribution in [1.82, 2.24) is 4.90 Å². The molecule has 0 bridgehead atoms. The molecular formula is C23H24FNO6. The second kappa shape index (κ2) is 9.18. The molecule has 8 heteroatoms. The third kappa shape index (κ3) is 4.54. The lowest BCUT2D eigenvalue weighted by Crippen LogP contribution is -2.33. The number of phenols is 1. The molecule has 1 heterocycles. The van der Waals surface area contributed by atoms with Crippen LogP contribution in [0.15, 0.2) is 48.0 Å². The third-order valence-corrected chi connectivity index (χ3v) is 4.93. The second-order valence-electron chi connectivity index (χ2n) is 7.35. The van der Waals surface area contributed by atoms with Crippen molar-refractivity contribution < 1.29 is 33.7 Å². The van der Waals surface area contributed by atoms with Crippen LogP contribution in [0.5, 0.6) is 11.5 Å². The summed E-state index contributed by atoms with van der Waals surface area (Å²) >= 11 is 0. The first kappa shape index (κ1) is 22.3. The van der Waals surface area contributed by atoms with Crippen LogP contribution in [0.1, 0.15) is 31.0 Å². The summed E-state index contributed by atoms with van der Waals surface area (Å²) in [7, 11) is 1.35. The molecule has 0 aliphatic carbocycles. The molecular weight excluding hydrogens is 405 g/mol. The van der Waals surface area contributed by atoms with E-state index < -0.39 is 29.3 Å². The largest absolute Gasteiger partial charge is 0.508 e. The van der Waals surface area contributed by atoms with Gasteiger partial charge >= 0.3 is 0 Å². The van der Waals surface area contributed by atoms with E-state index in [-0.39, 0.29) is 41.9 Å². The van der Waals surface area contributed by atoms with Gasteiger partial charge in [-0.2, -0.15) is 0 Å². The summed E-state index contributed by atoms with van der Waals surface area (Å²) in [5, 5.41) is 21.0. The van der Waals surface area contributed by atoms with Gasteiger partial charge in [0.2, 0.25) is 0 Å². The normalized spacial score (nSPS) is 18.1. The van der Waals surface area contributed by atoms with Gasteiger partial charge in [0.05, 0.1) is 37.0 Å². The number of aromatic hydroxyl groups is 1. The summed E-state index contributed by atoms with van der Waals surface area (Å²) in [4.78, 5) is 27.0. The number of aliphatic hydroxyl groups excluding tert-OH is 1. The number of carbonyl (C=O) groups excluding carboxylic acids is 2. The number of Topliss-reactive ketones (excluding diaryl/α,β-unsaturated/α-hetero) is 1. The van der Waals surface area contributed by atoms with Gasteiger partial charge in [-0.1, -0.05) is 12.1 Å². The van der Waals surface area contributed by atoms with Crippen molar-refractivity contribution in [2.24, 2.45) is 0 Å². The van der Waals surface area contributed by atoms with Gasteiger partial charge in [-0.05, 0) is 49.7 Å². The smallest absolute Gasteiger partial charge is 0.295 e. The van der Waals surface area contributed by atoms with E-state index in [1.165, 1.54) is 30.2 Å². The maximum absolute atomic E-state index is 13.9. The molecule has 7 nitrogen and oxygen atoms in total. The molecule has 31 heavy (non-hydrogen) atoms. The molecule has 1 unspecified atom stereocenters. The number of benzene rings is 2. The van der Waals surface area contributed by atoms with Crippen LogP contribution in [-0.2, 0) is 14.3 Å². The Morgan fingerprint density at radius 1 is 1.19 bits per heavy atom. The van der Waals surface area contributed by atoms with Crippen LogP contribution in [0, 0.1) is 5.82 Å². The number of halogens is 1. The maximum atomic E-state index is 13.9. The van der Waals surface area contributed by atoms with Gasteiger partial charge < -0.3 is 24.6 Å². The number of ketones is 1. The van der Waals surface area contributed by atoms with E-state index in [9.17, 15) is 24.2 Å². The lowest BCUT2D eigenvalue weighted by atomic mass is 9.95. The van der Waals surface area contributed by atoms with Crippen LogP contribution in [0.3, 0.4) is 0 Å². The molecule has 1 aliphatic heterocycles. The zero-order valence-electron chi connectivity index (χ0n) is 17.5. The highest BCUT2D eigenvalue weighted by Crippen LogP contribution is 2.41.